The van der Waals surface area contributed by atoms with Crippen LogP contribution in [-0.4, -0.2) is 48.8 Å². The van der Waals surface area contributed by atoms with Crippen LogP contribution in [0.3, 0.4) is 0 Å². The second-order valence-corrected chi connectivity index (χ2v) is 4.86. The molecule has 1 aliphatic rings. The normalized spacial score (nSPS) is 33.3. The third-order valence-electron chi connectivity index (χ3n) is 3.19. The lowest BCUT2D eigenvalue weighted by molar-refractivity contribution is -0.0817. The van der Waals surface area contributed by atoms with Crippen molar-refractivity contribution in [3.8, 4) is 11.3 Å². The van der Waals surface area contributed by atoms with Crippen LogP contribution < -0.4 is 17.0 Å². The predicted molar refractivity (Wildman–Crippen MR) is 71.3 cm³/mol. The molecule has 0 saturated carbocycles. The maximum atomic E-state index is 11.8. The number of aromatic nitrogens is 3. The maximum absolute atomic E-state index is 11.8. The number of nitrogens with zero attached hydrogens (tertiary/aromatic N) is 2. The van der Waals surface area contributed by atoms with Crippen LogP contribution in [0, 0.1) is 11.3 Å². The lowest BCUT2D eigenvalue weighted by atomic mass is 9.90. The molecule has 0 bridgehead atoms. The highest BCUT2D eigenvalue weighted by Crippen LogP contribution is 2.36. The van der Waals surface area contributed by atoms with Crippen LogP contribution in [0.4, 0.5) is 0 Å². The van der Waals surface area contributed by atoms with Gasteiger partial charge in [-0.15, -0.1) is 0 Å². The van der Waals surface area contributed by atoms with Crippen LogP contribution >= 0.6 is 11.6 Å². The smallest absolute Gasteiger partial charge is 0.347 e. The number of hydrogen-bond acceptors (Lipinski definition) is 7. The average molecular weight is 317 g/mol. The van der Waals surface area contributed by atoms with E-state index in [1.165, 1.54) is 6.92 Å². The SMILES string of the molecule is C[C@@H](O)[C@H]1O[C@@H](n2ncc(=O)[nH]c2=O)[C@@](N)(C#CCl)C1O. The van der Waals surface area contributed by atoms with E-state index in [4.69, 9.17) is 22.1 Å². The maximum Gasteiger partial charge on any atom is 0.347 e. The van der Waals surface area contributed by atoms with Crippen LogP contribution in [0.5, 0.6) is 0 Å². The molecule has 1 aromatic rings. The summed E-state index contributed by atoms with van der Waals surface area (Å²) in [6.45, 7) is 1.38. The first-order valence-electron chi connectivity index (χ1n) is 5.92. The molecule has 10 heteroatoms. The monoisotopic (exact) mass is 316 g/mol. The van der Waals surface area contributed by atoms with Gasteiger partial charge in [0.15, 0.2) is 11.8 Å². The second kappa shape index (κ2) is 5.59. The standard InChI is InChI=1S/C11H13ClN4O5/c1-5(17)7-8(19)11(13,2-3-12)9(21-7)16-10(20)15-6(18)4-14-16/h4-5,7-9,17,19H,13H2,1H3,(H,15,18,20)/t5-,7-,8?,9-,11-/m1/s1. The molecular formula is C11H13ClN4O5. The van der Waals surface area contributed by atoms with E-state index in [2.05, 4.69) is 11.0 Å². The molecule has 1 aliphatic heterocycles. The van der Waals surface area contributed by atoms with Gasteiger partial charge in [0.1, 0.15) is 18.4 Å². The zero-order chi connectivity index (χ0) is 15.8. The van der Waals surface area contributed by atoms with Gasteiger partial charge in [0, 0.05) is 5.38 Å². The molecule has 1 aromatic heterocycles. The third kappa shape index (κ3) is 2.59. The Kier molecular flexibility index (Phi) is 4.18. The molecule has 1 fully saturated rings. The minimum Gasteiger partial charge on any atom is -0.391 e. The van der Waals surface area contributed by atoms with Crippen LogP contribution in [0.2, 0.25) is 0 Å². The van der Waals surface area contributed by atoms with Crippen molar-refractivity contribution in [1.82, 2.24) is 14.8 Å². The fraction of sp³-hybridized carbons (Fsp3) is 0.545. The summed E-state index contributed by atoms with van der Waals surface area (Å²) in [4.78, 5) is 24.8. The van der Waals surface area contributed by atoms with Gasteiger partial charge in [-0.25, -0.2) is 4.79 Å². The van der Waals surface area contributed by atoms with Crippen molar-refractivity contribution in [3.05, 3.63) is 27.0 Å². The van der Waals surface area contributed by atoms with E-state index in [0.717, 1.165) is 10.9 Å². The van der Waals surface area contributed by atoms with Crippen molar-refractivity contribution in [3.63, 3.8) is 0 Å². The zero-order valence-electron chi connectivity index (χ0n) is 10.9. The van der Waals surface area contributed by atoms with E-state index in [-0.39, 0.29) is 0 Å². The van der Waals surface area contributed by atoms with E-state index in [0.29, 0.717) is 0 Å². The number of halogens is 1. The molecule has 9 nitrogen and oxygen atoms in total. The Morgan fingerprint density at radius 3 is 2.86 bits per heavy atom. The van der Waals surface area contributed by atoms with E-state index in [9.17, 15) is 19.8 Å². The molecule has 1 saturated heterocycles. The van der Waals surface area contributed by atoms with Crippen molar-refractivity contribution in [2.24, 2.45) is 5.73 Å². The number of aromatic amines is 1. The average Bonchev–Trinajstić information content (AvgIpc) is 2.64. The van der Waals surface area contributed by atoms with Crippen molar-refractivity contribution < 1.29 is 14.9 Å². The van der Waals surface area contributed by atoms with Crippen molar-refractivity contribution in [2.75, 3.05) is 0 Å². The molecule has 21 heavy (non-hydrogen) atoms. The lowest BCUT2D eigenvalue weighted by Gasteiger charge is -2.26. The fourth-order valence-corrected chi connectivity index (χ4v) is 2.30. The summed E-state index contributed by atoms with van der Waals surface area (Å²) in [6, 6.07) is 0. The molecule has 0 radical (unpaired) electrons. The largest absolute Gasteiger partial charge is 0.391 e. The molecule has 2 heterocycles. The molecular weight excluding hydrogens is 304 g/mol. The topological polar surface area (TPSA) is 143 Å². The molecule has 0 amide bonds. The predicted octanol–water partition coefficient (Wildman–Crippen LogP) is -2.53. The minimum atomic E-state index is -1.78. The second-order valence-electron chi connectivity index (χ2n) is 4.67. The Balaban J connectivity index is 2.56. The molecule has 0 aliphatic carbocycles. The number of hydrogen-bond donors (Lipinski definition) is 4. The van der Waals surface area contributed by atoms with Gasteiger partial charge < -0.3 is 20.7 Å². The van der Waals surface area contributed by atoms with Gasteiger partial charge in [-0.1, -0.05) is 5.92 Å². The Labute approximate surface area is 123 Å². The van der Waals surface area contributed by atoms with Crippen molar-refractivity contribution >= 4 is 11.6 Å². The highest BCUT2D eigenvalue weighted by atomic mass is 35.5. The highest BCUT2D eigenvalue weighted by Gasteiger charge is 2.56. The molecule has 114 valence electrons. The van der Waals surface area contributed by atoms with Crippen LogP contribution in [0.25, 0.3) is 0 Å². The van der Waals surface area contributed by atoms with Crippen LogP contribution in [0.15, 0.2) is 15.8 Å². The summed E-state index contributed by atoms with van der Waals surface area (Å²) in [5.41, 5.74) is 2.62. The summed E-state index contributed by atoms with van der Waals surface area (Å²) in [5.74, 6) is 2.36. The molecule has 5 N–H and O–H groups in total. The molecule has 2 rings (SSSR count). The van der Waals surface area contributed by atoms with Gasteiger partial charge in [0.05, 0.1) is 6.10 Å². The van der Waals surface area contributed by atoms with Gasteiger partial charge in [0.25, 0.3) is 5.56 Å². The van der Waals surface area contributed by atoms with Gasteiger partial charge in [-0.05, 0) is 18.5 Å². The summed E-state index contributed by atoms with van der Waals surface area (Å²) >= 11 is 5.35. The summed E-state index contributed by atoms with van der Waals surface area (Å²) in [5, 5.41) is 25.5. The van der Waals surface area contributed by atoms with E-state index < -0.39 is 41.3 Å². The Morgan fingerprint density at radius 1 is 1.67 bits per heavy atom. The number of aliphatic hydroxyl groups excluding tert-OH is 2. The molecule has 0 aromatic carbocycles. The number of H-pyrrole nitrogens is 1. The Morgan fingerprint density at radius 2 is 2.33 bits per heavy atom. The number of aliphatic hydroxyl groups is 2. The summed E-state index contributed by atoms with van der Waals surface area (Å²) in [6.07, 6.45) is -4.08. The molecule has 0 spiro atoms. The summed E-state index contributed by atoms with van der Waals surface area (Å²) in [7, 11) is 0. The van der Waals surface area contributed by atoms with Crippen LogP contribution in [-0.2, 0) is 4.74 Å². The Bertz CT molecular complexity index is 705. The van der Waals surface area contributed by atoms with Gasteiger partial charge in [-0.3, -0.25) is 9.78 Å². The first kappa shape index (κ1) is 15.7. The first-order valence-corrected chi connectivity index (χ1v) is 6.30. The van der Waals surface area contributed by atoms with E-state index in [1.807, 2.05) is 10.4 Å². The molecule has 5 atom stereocenters. The zero-order valence-corrected chi connectivity index (χ0v) is 11.6. The number of ether oxygens (including phenoxy) is 1. The quantitative estimate of drug-likeness (QED) is 0.440. The lowest BCUT2D eigenvalue weighted by Crippen LogP contribution is -2.56. The Hall–Kier alpha value is -1.70. The number of nitrogens with one attached hydrogen (secondary N) is 1. The summed E-state index contributed by atoms with van der Waals surface area (Å²) < 4.78 is 6.13. The van der Waals surface area contributed by atoms with Gasteiger partial charge >= 0.3 is 5.69 Å². The van der Waals surface area contributed by atoms with Gasteiger partial charge in [0.2, 0.25) is 0 Å². The minimum absolute atomic E-state index is 0.701. The van der Waals surface area contributed by atoms with Gasteiger partial charge in [-0.2, -0.15) is 9.78 Å². The first-order chi connectivity index (χ1) is 9.81. The fourth-order valence-electron chi connectivity index (χ4n) is 2.14. The molecule has 1 unspecified atom stereocenters. The number of nitrogens with two attached hydrogens (primary N) is 1. The third-order valence-corrected chi connectivity index (χ3v) is 3.29. The van der Waals surface area contributed by atoms with Crippen molar-refractivity contribution in [2.45, 2.75) is 37.0 Å². The number of rotatable bonds is 2. The van der Waals surface area contributed by atoms with E-state index in [1.54, 1.807) is 0 Å². The van der Waals surface area contributed by atoms with Crippen LogP contribution in [0.1, 0.15) is 13.2 Å². The van der Waals surface area contributed by atoms with Crippen molar-refractivity contribution in [1.29, 1.82) is 0 Å². The van der Waals surface area contributed by atoms with E-state index >= 15 is 0 Å². The highest BCUT2D eigenvalue weighted by molar-refractivity contribution is 6.30.